The molecule has 2 aliphatic heterocycles. The maximum Gasteiger partial charge on any atom is 0.419 e. The fourth-order valence-corrected chi connectivity index (χ4v) is 3.06. The minimum absolute atomic E-state index is 0.205. The Morgan fingerprint density at radius 1 is 1.20 bits per heavy atom. The van der Waals surface area contributed by atoms with Crippen LogP contribution in [-0.2, 0) is 20.6 Å². The van der Waals surface area contributed by atoms with Crippen LogP contribution < -0.4 is 0 Å². The fraction of sp³-hybridized carbons (Fsp3) is 0.556. The molecule has 25 heavy (non-hydrogen) atoms. The summed E-state index contributed by atoms with van der Waals surface area (Å²) in [6.07, 6.45) is 0.0532. The Balaban J connectivity index is 1.44. The third-order valence-corrected chi connectivity index (χ3v) is 4.42. The molecule has 2 heterocycles. The SMILES string of the molecule is O=C(OCCCN1CCOCC1)N1C(=O)OC[C@@H]1Cc1ccccc1. The molecule has 0 N–H and O–H groups in total. The molecule has 3 rings (SSSR count). The Labute approximate surface area is 147 Å². The van der Waals surface area contributed by atoms with Crippen molar-refractivity contribution in [1.29, 1.82) is 0 Å². The van der Waals surface area contributed by atoms with Crippen molar-refractivity contribution in [3.63, 3.8) is 0 Å². The molecule has 0 aromatic heterocycles. The zero-order valence-corrected chi connectivity index (χ0v) is 14.3. The van der Waals surface area contributed by atoms with Crippen LogP contribution in [0, 0.1) is 0 Å². The van der Waals surface area contributed by atoms with Gasteiger partial charge in [-0.3, -0.25) is 4.90 Å². The average Bonchev–Trinajstić information content (AvgIpc) is 3.00. The molecule has 2 aliphatic rings. The molecule has 136 valence electrons. The molecule has 1 aromatic carbocycles. The summed E-state index contributed by atoms with van der Waals surface area (Å²) in [5.41, 5.74) is 1.05. The molecule has 7 nitrogen and oxygen atoms in total. The zero-order chi connectivity index (χ0) is 17.5. The van der Waals surface area contributed by atoms with E-state index in [-0.39, 0.29) is 19.3 Å². The van der Waals surface area contributed by atoms with Crippen molar-refractivity contribution in [3.05, 3.63) is 35.9 Å². The van der Waals surface area contributed by atoms with Gasteiger partial charge in [-0.15, -0.1) is 0 Å². The number of amides is 2. The molecule has 1 atom stereocenters. The van der Waals surface area contributed by atoms with Gasteiger partial charge in [0.05, 0.1) is 25.9 Å². The summed E-state index contributed by atoms with van der Waals surface area (Å²) in [6.45, 7) is 4.67. The van der Waals surface area contributed by atoms with Crippen molar-refractivity contribution >= 4 is 12.2 Å². The molecule has 0 unspecified atom stereocenters. The minimum atomic E-state index is -0.626. The van der Waals surface area contributed by atoms with Crippen molar-refractivity contribution < 1.29 is 23.8 Å². The normalized spacial score (nSPS) is 21.2. The lowest BCUT2D eigenvalue weighted by molar-refractivity contribution is 0.0335. The number of ether oxygens (including phenoxy) is 3. The number of carbonyl (C=O) groups excluding carboxylic acids is 2. The fourth-order valence-electron chi connectivity index (χ4n) is 3.06. The molecule has 0 spiro atoms. The van der Waals surface area contributed by atoms with Crippen LogP contribution in [0.25, 0.3) is 0 Å². The number of rotatable bonds is 6. The molecule has 0 aliphatic carbocycles. The van der Waals surface area contributed by atoms with E-state index >= 15 is 0 Å². The van der Waals surface area contributed by atoms with Crippen LogP contribution in [0.2, 0.25) is 0 Å². The molecule has 2 amide bonds. The van der Waals surface area contributed by atoms with Gasteiger partial charge in [-0.05, 0) is 18.4 Å². The van der Waals surface area contributed by atoms with Gasteiger partial charge in [0.2, 0.25) is 0 Å². The Bertz CT molecular complexity index is 574. The molecular weight excluding hydrogens is 324 g/mol. The van der Waals surface area contributed by atoms with Gasteiger partial charge in [0.1, 0.15) is 6.61 Å². The van der Waals surface area contributed by atoms with Crippen LogP contribution in [0.5, 0.6) is 0 Å². The van der Waals surface area contributed by atoms with Gasteiger partial charge in [0.25, 0.3) is 0 Å². The summed E-state index contributed by atoms with van der Waals surface area (Å²) in [6, 6.07) is 9.41. The van der Waals surface area contributed by atoms with Gasteiger partial charge < -0.3 is 14.2 Å². The van der Waals surface area contributed by atoms with Gasteiger partial charge in [-0.1, -0.05) is 30.3 Å². The number of morpholine rings is 1. The summed E-state index contributed by atoms with van der Waals surface area (Å²) in [5, 5.41) is 0. The number of nitrogens with zero attached hydrogens (tertiary/aromatic N) is 2. The summed E-state index contributed by atoms with van der Waals surface area (Å²) < 4.78 is 15.6. The lowest BCUT2D eigenvalue weighted by Gasteiger charge is -2.26. The van der Waals surface area contributed by atoms with Crippen molar-refractivity contribution in [3.8, 4) is 0 Å². The summed E-state index contributed by atoms with van der Waals surface area (Å²) in [4.78, 5) is 27.5. The first-order valence-corrected chi connectivity index (χ1v) is 8.71. The average molecular weight is 348 g/mol. The first kappa shape index (κ1) is 17.7. The number of benzene rings is 1. The van der Waals surface area contributed by atoms with E-state index in [0.29, 0.717) is 6.42 Å². The largest absolute Gasteiger partial charge is 0.449 e. The first-order valence-electron chi connectivity index (χ1n) is 8.71. The smallest absolute Gasteiger partial charge is 0.419 e. The number of carbonyl (C=O) groups is 2. The van der Waals surface area contributed by atoms with E-state index in [1.54, 1.807) is 0 Å². The first-order chi connectivity index (χ1) is 12.2. The molecule has 2 fully saturated rings. The quantitative estimate of drug-likeness (QED) is 0.732. The Morgan fingerprint density at radius 3 is 2.72 bits per heavy atom. The highest BCUT2D eigenvalue weighted by Gasteiger charge is 2.39. The predicted octanol–water partition coefficient (Wildman–Crippen LogP) is 1.91. The van der Waals surface area contributed by atoms with Crippen molar-refractivity contribution in [2.45, 2.75) is 18.9 Å². The second-order valence-electron chi connectivity index (χ2n) is 6.21. The zero-order valence-electron chi connectivity index (χ0n) is 14.3. The number of cyclic esters (lactones) is 1. The molecule has 0 radical (unpaired) electrons. The number of imide groups is 1. The second kappa shape index (κ2) is 8.82. The van der Waals surface area contributed by atoms with Gasteiger partial charge in [0, 0.05) is 19.6 Å². The van der Waals surface area contributed by atoms with Crippen LogP contribution in [0.3, 0.4) is 0 Å². The standard InChI is InChI=1S/C18H24N2O5/c21-17(24-10-4-7-19-8-11-23-12-9-19)20-16(14-25-18(20)22)13-15-5-2-1-3-6-15/h1-3,5-6,16H,4,7-14H2/t16-/m0/s1. The van der Waals surface area contributed by atoms with E-state index in [4.69, 9.17) is 14.2 Å². The molecule has 0 bridgehead atoms. The van der Waals surface area contributed by atoms with Crippen LogP contribution in [-0.4, -0.2) is 74.1 Å². The van der Waals surface area contributed by atoms with Gasteiger partial charge >= 0.3 is 12.2 Å². The molecular formula is C18H24N2O5. The molecule has 0 saturated carbocycles. The van der Waals surface area contributed by atoms with Gasteiger partial charge in [-0.25, -0.2) is 14.5 Å². The Kier molecular flexibility index (Phi) is 6.25. The maximum atomic E-state index is 12.3. The van der Waals surface area contributed by atoms with E-state index in [0.717, 1.165) is 49.7 Å². The van der Waals surface area contributed by atoms with Crippen molar-refractivity contribution in [1.82, 2.24) is 9.80 Å². The van der Waals surface area contributed by atoms with E-state index in [1.165, 1.54) is 0 Å². The molecule has 7 heteroatoms. The topological polar surface area (TPSA) is 68.3 Å². The predicted molar refractivity (Wildman–Crippen MR) is 90.3 cm³/mol. The van der Waals surface area contributed by atoms with Gasteiger partial charge in [0.15, 0.2) is 0 Å². The van der Waals surface area contributed by atoms with Crippen molar-refractivity contribution in [2.24, 2.45) is 0 Å². The van der Waals surface area contributed by atoms with Crippen LogP contribution >= 0.6 is 0 Å². The lowest BCUT2D eigenvalue weighted by atomic mass is 10.1. The summed E-state index contributed by atoms with van der Waals surface area (Å²) >= 11 is 0. The van der Waals surface area contributed by atoms with Crippen LogP contribution in [0.4, 0.5) is 9.59 Å². The van der Waals surface area contributed by atoms with E-state index in [1.807, 2.05) is 30.3 Å². The third kappa shape index (κ3) is 4.93. The number of hydrogen-bond acceptors (Lipinski definition) is 6. The van der Waals surface area contributed by atoms with Crippen molar-refractivity contribution in [2.75, 3.05) is 46.1 Å². The Hall–Kier alpha value is -2.12. The monoisotopic (exact) mass is 348 g/mol. The second-order valence-corrected chi connectivity index (χ2v) is 6.21. The molecule has 1 aromatic rings. The number of hydrogen-bond donors (Lipinski definition) is 0. The highest BCUT2D eigenvalue weighted by atomic mass is 16.6. The van der Waals surface area contributed by atoms with E-state index < -0.39 is 12.2 Å². The maximum absolute atomic E-state index is 12.3. The highest BCUT2D eigenvalue weighted by Crippen LogP contribution is 2.18. The molecule has 2 saturated heterocycles. The third-order valence-electron chi connectivity index (χ3n) is 4.42. The van der Waals surface area contributed by atoms with Crippen LogP contribution in [0.15, 0.2) is 30.3 Å². The van der Waals surface area contributed by atoms with E-state index in [9.17, 15) is 9.59 Å². The lowest BCUT2D eigenvalue weighted by Crippen LogP contribution is -2.41. The minimum Gasteiger partial charge on any atom is -0.449 e. The van der Waals surface area contributed by atoms with Gasteiger partial charge in [-0.2, -0.15) is 0 Å². The highest BCUT2D eigenvalue weighted by molar-refractivity contribution is 5.89. The summed E-state index contributed by atoms with van der Waals surface area (Å²) in [7, 11) is 0. The van der Waals surface area contributed by atoms with E-state index in [2.05, 4.69) is 4.90 Å². The Morgan fingerprint density at radius 2 is 1.96 bits per heavy atom. The summed E-state index contributed by atoms with van der Waals surface area (Å²) in [5.74, 6) is 0. The van der Waals surface area contributed by atoms with Crippen LogP contribution in [0.1, 0.15) is 12.0 Å².